The van der Waals surface area contributed by atoms with Gasteiger partial charge in [0.1, 0.15) is 11.0 Å². The van der Waals surface area contributed by atoms with Gasteiger partial charge in [-0.2, -0.15) is 21.9 Å². The lowest BCUT2D eigenvalue weighted by Crippen LogP contribution is -2.74. The fourth-order valence-electron chi connectivity index (χ4n) is 5.93. The van der Waals surface area contributed by atoms with Crippen LogP contribution < -0.4 is 26.8 Å². The van der Waals surface area contributed by atoms with Gasteiger partial charge in [0.15, 0.2) is 6.29 Å². The fraction of sp³-hybridized carbons (Fsp3) is 0.167. The Morgan fingerprint density at radius 3 is 1.46 bits per heavy atom. The van der Waals surface area contributed by atoms with E-state index in [-0.39, 0.29) is 6.29 Å². The molecule has 3 nitrogen and oxygen atoms in total. The largest absolute Gasteiger partial charge is 0.364 e. The summed E-state index contributed by atoms with van der Waals surface area (Å²) in [7, 11) is 0. The van der Waals surface area contributed by atoms with Gasteiger partial charge in [-0.3, -0.25) is 0 Å². The van der Waals surface area contributed by atoms with Crippen LogP contribution in [-0.2, 0) is 22.1 Å². The molecule has 1 saturated heterocycles. The Kier molecular flexibility index (Phi) is 9.98. The molecule has 1 unspecified atom stereocenters. The molecule has 1 atom stereocenters. The fourth-order valence-corrected chi connectivity index (χ4v) is 6.10. The number of ether oxygens (including phenoxy) is 2. The van der Waals surface area contributed by atoms with Gasteiger partial charge in [0.2, 0.25) is 0 Å². The third-order valence-corrected chi connectivity index (χ3v) is 8.15. The maximum Gasteiger partial charge on any atom is 0.174 e. The lowest BCUT2D eigenvalue weighted by molar-refractivity contribution is -0.143. The molecule has 0 amide bonds. The number of hydrogen-bond acceptors (Lipinski definition) is 3. The van der Waals surface area contributed by atoms with E-state index in [1.165, 1.54) is 27.5 Å². The van der Waals surface area contributed by atoms with Crippen LogP contribution in [0.2, 0.25) is 0 Å². The summed E-state index contributed by atoms with van der Waals surface area (Å²) in [5.74, 6) is 0. The Labute approximate surface area is 250 Å². The molecule has 0 radical (unpaired) electrons. The lowest BCUT2D eigenvalue weighted by atomic mass is 9.13. The van der Waals surface area contributed by atoms with Gasteiger partial charge in [0, 0.05) is 18.8 Å². The summed E-state index contributed by atoms with van der Waals surface area (Å²) in [5, 5.41) is 0. The third kappa shape index (κ3) is 6.76. The zero-order chi connectivity index (χ0) is 28.3. The minimum absolute atomic E-state index is 0.0954. The van der Waals surface area contributed by atoms with E-state index in [0.29, 0.717) is 6.61 Å². The van der Waals surface area contributed by atoms with E-state index in [1.54, 1.807) is 0 Å². The van der Waals surface area contributed by atoms with Crippen LogP contribution in [-0.4, -0.2) is 38.7 Å². The molecule has 6 rings (SSSR count). The molecule has 0 saturated carbocycles. The second kappa shape index (κ2) is 14.2. The Morgan fingerprint density at radius 1 is 0.659 bits per heavy atom. The molecule has 5 aromatic carbocycles. The quantitative estimate of drug-likeness (QED) is 0.219. The van der Waals surface area contributed by atoms with E-state index in [2.05, 4.69) is 163 Å². The van der Waals surface area contributed by atoms with Crippen LogP contribution in [0.4, 0.5) is 5.69 Å². The number of rotatable bonds is 7. The second-order valence-corrected chi connectivity index (χ2v) is 10.8. The maximum atomic E-state index is 5.52. The Balaban J connectivity index is 0.000000182. The Hall–Kier alpha value is -3.77. The molecular formula is C36H38BNO2S. The van der Waals surface area contributed by atoms with Crippen molar-refractivity contribution < 1.29 is 9.47 Å². The van der Waals surface area contributed by atoms with Crippen molar-refractivity contribution in [2.24, 2.45) is 0 Å². The number of morpholine rings is 1. The van der Waals surface area contributed by atoms with E-state index in [1.807, 2.05) is 6.92 Å². The van der Waals surface area contributed by atoms with Crippen molar-refractivity contribution >= 4 is 46.3 Å². The van der Waals surface area contributed by atoms with Gasteiger partial charge in [-0.25, -0.2) is 0 Å². The average molecular weight is 560 g/mol. The molecule has 5 heteroatoms. The predicted octanol–water partition coefficient (Wildman–Crippen LogP) is 4.32. The van der Waals surface area contributed by atoms with Gasteiger partial charge in [-0.15, -0.1) is 0 Å². The van der Waals surface area contributed by atoms with Gasteiger partial charge in [0.25, 0.3) is 0 Å². The van der Waals surface area contributed by atoms with E-state index < -0.39 is 6.15 Å². The molecule has 0 aliphatic carbocycles. The predicted molar refractivity (Wildman–Crippen MR) is 178 cm³/mol. The SMILES string of the molecule is CCOC1CN(c2ccc([SH2+])cc2)CCO1.c1ccc([B-](c2ccccc2)(c2ccccc2)c2ccccc2)cc1. The maximum absolute atomic E-state index is 5.52. The van der Waals surface area contributed by atoms with Crippen molar-refractivity contribution in [2.75, 3.05) is 31.2 Å². The van der Waals surface area contributed by atoms with Crippen molar-refractivity contribution in [1.29, 1.82) is 0 Å². The molecule has 0 aromatic heterocycles. The minimum atomic E-state index is -1.22. The van der Waals surface area contributed by atoms with Crippen LogP contribution in [0.5, 0.6) is 0 Å². The molecule has 1 heterocycles. The molecule has 0 spiro atoms. The van der Waals surface area contributed by atoms with Crippen LogP contribution in [0.1, 0.15) is 6.92 Å². The summed E-state index contributed by atoms with van der Waals surface area (Å²) in [6.45, 7) is 5.13. The topological polar surface area (TPSA) is 21.7 Å². The van der Waals surface area contributed by atoms with Gasteiger partial charge in [-0.05, 0) is 43.8 Å². The zero-order valence-electron chi connectivity index (χ0n) is 23.6. The molecule has 1 aliphatic heterocycles. The molecule has 208 valence electrons. The minimum Gasteiger partial charge on any atom is -0.364 e. The first-order valence-corrected chi connectivity index (χ1v) is 14.9. The zero-order valence-corrected chi connectivity index (χ0v) is 24.6. The summed E-state index contributed by atoms with van der Waals surface area (Å²) in [6, 6.07) is 51.8. The van der Waals surface area contributed by atoms with Crippen LogP contribution in [0.15, 0.2) is 150 Å². The summed E-state index contributed by atoms with van der Waals surface area (Å²) in [5.41, 5.74) is 6.57. The highest BCUT2D eigenvalue weighted by Crippen LogP contribution is 2.19. The molecule has 1 aliphatic rings. The van der Waals surface area contributed by atoms with Crippen molar-refractivity contribution in [2.45, 2.75) is 18.1 Å². The highest BCUT2D eigenvalue weighted by molar-refractivity contribution is 7.58. The van der Waals surface area contributed by atoms with Gasteiger partial charge >= 0.3 is 0 Å². The third-order valence-electron chi connectivity index (χ3n) is 7.82. The highest BCUT2D eigenvalue weighted by atomic mass is 32.1. The normalized spacial score (nSPS) is 15.1. The first-order valence-electron chi connectivity index (χ1n) is 14.4. The number of hydrogen-bond donors (Lipinski definition) is 0. The standard InChI is InChI=1S/C24H20B.C12H17NO2S/c1-5-13-21(14-6-1)25(22-15-7-2-8-16-22,23-17-9-3-10-18-23)24-19-11-4-12-20-24;1-2-14-12-9-13(7-8-15-12)10-3-5-11(16)6-4-10/h1-20H;3-6,12,16H,2,7-9H2,1H3/q-1;/p+1. The van der Waals surface area contributed by atoms with E-state index >= 15 is 0 Å². The van der Waals surface area contributed by atoms with Crippen LogP contribution in [0, 0.1) is 0 Å². The first kappa shape index (κ1) is 28.8. The molecule has 0 bridgehead atoms. The van der Waals surface area contributed by atoms with Crippen LogP contribution in [0.3, 0.4) is 0 Å². The van der Waals surface area contributed by atoms with Gasteiger partial charge < -0.3 is 14.4 Å². The Morgan fingerprint density at radius 2 is 1.07 bits per heavy atom. The van der Waals surface area contributed by atoms with Gasteiger partial charge in [0.05, 0.1) is 13.2 Å². The summed E-state index contributed by atoms with van der Waals surface area (Å²) >= 11 is 3.49. The lowest BCUT2D eigenvalue weighted by Gasteiger charge is -2.44. The smallest absolute Gasteiger partial charge is 0.174 e. The van der Waals surface area contributed by atoms with Crippen LogP contribution in [0.25, 0.3) is 0 Å². The average Bonchev–Trinajstić information content (AvgIpc) is 3.05. The van der Waals surface area contributed by atoms with Gasteiger partial charge in [-0.1, -0.05) is 121 Å². The monoisotopic (exact) mass is 559 g/mol. The van der Waals surface area contributed by atoms with E-state index in [0.717, 1.165) is 24.6 Å². The summed E-state index contributed by atoms with van der Waals surface area (Å²) < 4.78 is 11.0. The summed E-state index contributed by atoms with van der Waals surface area (Å²) in [6.07, 6.45) is -1.31. The van der Waals surface area contributed by atoms with E-state index in [4.69, 9.17) is 9.47 Å². The number of anilines is 1. The molecule has 0 N–H and O–H groups in total. The van der Waals surface area contributed by atoms with Crippen molar-refractivity contribution in [3.8, 4) is 0 Å². The highest BCUT2D eigenvalue weighted by Gasteiger charge is 2.31. The van der Waals surface area contributed by atoms with Crippen LogP contribution >= 0.6 is 0 Å². The molecular weight excluding hydrogens is 521 g/mol. The summed E-state index contributed by atoms with van der Waals surface area (Å²) in [4.78, 5) is 3.38. The Bertz CT molecular complexity index is 1290. The first-order chi connectivity index (χ1) is 20.2. The van der Waals surface area contributed by atoms with Crippen molar-refractivity contribution in [1.82, 2.24) is 0 Å². The number of benzene rings is 5. The van der Waals surface area contributed by atoms with Crippen molar-refractivity contribution in [3.63, 3.8) is 0 Å². The second-order valence-electron chi connectivity index (χ2n) is 10.3. The van der Waals surface area contributed by atoms with E-state index in [9.17, 15) is 0 Å². The molecule has 1 fully saturated rings. The van der Waals surface area contributed by atoms with Crippen molar-refractivity contribution in [3.05, 3.63) is 146 Å². The number of nitrogens with zero attached hydrogens (tertiary/aromatic N) is 1. The molecule has 41 heavy (non-hydrogen) atoms. The molecule has 5 aromatic rings.